The highest BCUT2D eigenvalue weighted by Crippen LogP contribution is 2.28. The molecular weight excluding hydrogens is 372 g/mol. The standard InChI is InChI=1S/C22H24N2O3S/c1-3-4-13-27-18-10-9-16(14-19(18)26-2)15-23-21(25)11-12-22-24-17-7-5-6-8-20(17)28-22/h5-12,14H,3-4,13,15H2,1-2H3,(H,23,25)/b12-11+. The van der Waals surface area contributed by atoms with Crippen LogP contribution in [0.5, 0.6) is 11.5 Å². The first kappa shape index (κ1) is 19.9. The fourth-order valence-corrected chi connectivity index (χ4v) is 3.49. The molecule has 0 radical (unpaired) electrons. The third-order valence-corrected chi connectivity index (χ3v) is 5.14. The molecule has 1 amide bonds. The van der Waals surface area contributed by atoms with Gasteiger partial charge in [0.15, 0.2) is 11.5 Å². The Morgan fingerprint density at radius 2 is 2.07 bits per heavy atom. The van der Waals surface area contributed by atoms with Gasteiger partial charge in [0, 0.05) is 12.6 Å². The Bertz CT molecular complexity index is 932. The fraction of sp³-hybridized carbons (Fsp3) is 0.273. The molecule has 0 saturated heterocycles. The summed E-state index contributed by atoms with van der Waals surface area (Å²) in [4.78, 5) is 16.6. The summed E-state index contributed by atoms with van der Waals surface area (Å²) in [6.45, 7) is 3.20. The molecule has 0 bridgehead atoms. The molecule has 0 aliphatic heterocycles. The largest absolute Gasteiger partial charge is 0.493 e. The van der Waals surface area contributed by atoms with E-state index in [1.165, 1.54) is 6.08 Å². The van der Waals surface area contributed by atoms with Gasteiger partial charge in [-0.05, 0) is 42.3 Å². The number of rotatable bonds is 9. The lowest BCUT2D eigenvalue weighted by atomic mass is 10.2. The van der Waals surface area contributed by atoms with Gasteiger partial charge in [0.2, 0.25) is 5.91 Å². The summed E-state index contributed by atoms with van der Waals surface area (Å²) in [7, 11) is 1.62. The number of para-hydroxylation sites is 1. The lowest BCUT2D eigenvalue weighted by Gasteiger charge is -2.12. The Balaban J connectivity index is 1.56. The molecule has 0 spiro atoms. The molecule has 28 heavy (non-hydrogen) atoms. The van der Waals surface area contributed by atoms with Crippen molar-refractivity contribution in [2.75, 3.05) is 13.7 Å². The normalized spacial score (nSPS) is 11.1. The van der Waals surface area contributed by atoms with Crippen LogP contribution in [-0.2, 0) is 11.3 Å². The number of amides is 1. The van der Waals surface area contributed by atoms with Crippen LogP contribution in [-0.4, -0.2) is 24.6 Å². The zero-order valence-corrected chi connectivity index (χ0v) is 16.9. The number of hydrogen-bond acceptors (Lipinski definition) is 5. The number of unbranched alkanes of at least 4 members (excludes halogenated alkanes) is 1. The highest BCUT2D eigenvalue weighted by Gasteiger charge is 2.07. The van der Waals surface area contributed by atoms with Crippen molar-refractivity contribution in [2.24, 2.45) is 0 Å². The highest BCUT2D eigenvalue weighted by molar-refractivity contribution is 7.19. The van der Waals surface area contributed by atoms with Crippen molar-refractivity contribution in [1.82, 2.24) is 10.3 Å². The smallest absolute Gasteiger partial charge is 0.244 e. The number of nitrogens with one attached hydrogen (secondary N) is 1. The Labute approximate surface area is 169 Å². The van der Waals surface area contributed by atoms with Crippen LogP contribution < -0.4 is 14.8 Å². The Morgan fingerprint density at radius 1 is 1.21 bits per heavy atom. The summed E-state index contributed by atoms with van der Waals surface area (Å²) in [5.41, 5.74) is 1.89. The van der Waals surface area contributed by atoms with Gasteiger partial charge in [0.25, 0.3) is 0 Å². The summed E-state index contributed by atoms with van der Waals surface area (Å²) in [6, 6.07) is 13.6. The molecule has 1 heterocycles. The Hall–Kier alpha value is -2.86. The van der Waals surface area contributed by atoms with Gasteiger partial charge in [0.1, 0.15) is 5.01 Å². The number of fused-ring (bicyclic) bond motifs is 1. The molecule has 2 aromatic carbocycles. The van der Waals surface area contributed by atoms with E-state index in [0.29, 0.717) is 18.9 Å². The van der Waals surface area contributed by atoms with Crippen molar-refractivity contribution < 1.29 is 14.3 Å². The molecule has 6 heteroatoms. The van der Waals surface area contributed by atoms with E-state index in [9.17, 15) is 4.79 Å². The lowest BCUT2D eigenvalue weighted by Crippen LogP contribution is -2.20. The second kappa shape index (κ2) is 9.90. The molecule has 146 valence electrons. The van der Waals surface area contributed by atoms with Crippen LogP contribution in [0.25, 0.3) is 16.3 Å². The number of nitrogens with zero attached hydrogens (tertiary/aromatic N) is 1. The maximum Gasteiger partial charge on any atom is 0.244 e. The van der Waals surface area contributed by atoms with Crippen LogP contribution in [0.1, 0.15) is 30.3 Å². The zero-order chi connectivity index (χ0) is 19.8. The van der Waals surface area contributed by atoms with E-state index in [2.05, 4.69) is 17.2 Å². The van der Waals surface area contributed by atoms with E-state index in [1.807, 2.05) is 42.5 Å². The third kappa shape index (κ3) is 5.33. The van der Waals surface area contributed by atoms with Gasteiger partial charge in [-0.15, -0.1) is 11.3 Å². The number of ether oxygens (including phenoxy) is 2. The molecular formula is C22H24N2O3S. The SMILES string of the molecule is CCCCOc1ccc(CNC(=O)/C=C/c2nc3ccccc3s2)cc1OC. The topological polar surface area (TPSA) is 60.5 Å². The summed E-state index contributed by atoms with van der Waals surface area (Å²) in [6.07, 6.45) is 5.33. The molecule has 0 aliphatic carbocycles. The number of thiazole rings is 1. The van der Waals surface area contributed by atoms with Gasteiger partial charge < -0.3 is 14.8 Å². The fourth-order valence-electron chi connectivity index (χ4n) is 2.62. The first-order chi connectivity index (χ1) is 13.7. The number of carbonyl (C=O) groups excluding carboxylic acids is 1. The molecule has 0 unspecified atom stereocenters. The van der Waals surface area contributed by atoms with Crippen molar-refractivity contribution in [1.29, 1.82) is 0 Å². The number of aromatic nitrogens is 1. The molecule has 1 N–H and O–H groups in total. The van der Waals surface area contributed by atoms with Gasteiger partial charge in [-0.1, -0.05) is 31.5 Å². The molecule has 3 aromatic rings. The van der Waals surface area contributed by atoms with Crippen molar-refractivity contribution in [3.8, 4) is 11.5 Å². The molecule has 0 atom stereocenters. The van der Waals surface area contributed by atoms with Gasteiger partial charge in [-0.2, -0.15) is 0 Å². The number of methoxy groups -OCH3 is 1. The van der Waals surface area contributed by atoms with Crippen LogP contribution in [0.3, 0.4) is 0 Å². The predicted octanol–water partition coefficient (Wildman–Crippen LogP) is 4.81. The van der Waals surface area contributed by atoms with Crippen molar-refractivity contribution in [3.63, 3.8) is 0 Å². The third-order valence-electron chi connectivity index (χ3n) is 4.14. The van der Waals surface area contributed by atoms with Crippen LogP contribution in [0.4, 0.5) is 0 Å². The summed E-state index contributed by atoms with van der Waals surface area (Å²) in [5, 5.41) is 3.69. The minimum Gasteiger partial charge on any atom is -0.493 e. The first-order valence-corrected chi connectivity index (χ1v) is 10.1. The van der Waals surface area contributed by atoms with Crippen molar-refractivity contribution in [3.05, 3.63) is 59.1 Å². The molecule has 5 nitrogen and oxygen atoms in total. The second-order valence-electron chi connectivity index (χ2n) is 6.26. The minimum atomic E-state index is -0.165. The quantitative estimate of drug-likeness (QED) is 0.416. The molecule has 1 aromatic heterocycles. The Kier molecular flexibility index (Phi) is 7.03. The van der Waals surface area contributed by atoms with Crippen LogP contribution >= 0.6 is 11.3 Å². The van der Waals surface area contributed by atoms with E-state index in [0.717, 1.165) is 39.4 Å². The van der Waals surface area contributed by atoms with Crippen molar-refractivity contribution in [2.45, 2.75) is 26.3 Å². The molecule has 3 rings (SSSR count). The van der Waals surface area contributed by atoms with E-state index >= 15 is 0 Å². The Morgan fingerprint density at radius 3 is 2.86 bits per heavy atom. The molecule has 0 aliphatic rings. The molecule has 0 fully saturated rings. The minimum absolute atomic E-state index is 0.165. The zero-order valence-electron chi connectivity index (χ0n) is 16.1. The van der Waals surface area contributed by atoms with Crippen LogP contribution in [0.2, 0.25) is 0 Å². The summed E-state index contributed by atoms with van der Waals surface area (Å²) in [5.74, 6) is 1.23. The molecule has 0 saturated carbocycles. The van der Waals surface area contributed by atoms with Gasteiger partial charge >= 0.3 is 0 Å². The highest BCUT2D eigenvalue weighted by atomic mass is 32.1. The maximum absolute atomic E-state index is 12.1. The second-order valence-corrected chi connectivity index (χ2v) is 7.32. The lowest BCUT2D eigenvalue weighted by molar-refractivity contribution is -0.116. The van der Waals surface area contributed by atoms with Gasteiger partial charge in [-0.25, -0.2) is 4.98 Å². The average Bonchev–Trinajstić information content (AvgIpc) is 3.14. The van der Waals surface area contributed by atoms with Crippen LogP contribution in [0.15, 0.2) is 48.5 Å². The first-order valence-electron chi connectivity index (χ1n) is 9.31. The van der Waals surface area contributed by atoms with E-state index < -0.39 is 0 Å². The predicted molar refractivity (Wildman–Crippen MR) is 114 cm³/mol. The number of hydrogen-bond donors (Lipinski definition) is 1. The monoisotopic (exact) mass is 396 g/mol. The van der Waals surface area contributed by atoms with E-state index in [-0.39, 0.29) is 5.91 Å². The van der Waals surface area contributed by atoms with E-state index in [4.69, 9.17) is 9.47 Å². The van der Waals surface area contributed by atoms with Crippen LogP contribution in [0, 0.1) is 0 Å². The number of carbonyl (C=O) groups is 1. The summed E-state index contributed by atoms with van der Waals surface area (Å²) >= 11 is 1.56. The summed E-state index contributed by atoms with van der Waals surface area (Å²) < 4.78 is 12.2. The van der Waals surface area contributed by atoms with Crippen molar-refractivity contribution >= 4 is 33.5 Å². The van der Waals surface area contributed by atoms with E-state index in [1.54, 1.807) is 24.5 Å². The van der Waals surface area contributed by atoms with Gasteiger partial charge in [-0.3, -0.25) is 4.79 Å². The number of benzene rings is 2. The average molecular weight is 397 g/mol. The van der Waals surface area contributed by atoms with Gasteiger partial charge in [0.05, 0.1) is 23.9 Å². The maximum atomic E-state index is 12.1.